The molecule has 0 aliphatic heterocycles. The normalized spacial score (nSPS) is 13.1. The zero-order valence-electron chi connectivity index (χ0n) is 23.2. The van der Waals surface area contributed by atoms with Crippen LogP contribution in [0.15, 0.2) is 116 Å². The SMILES string of the molecule is [2H]C([2H])([2H])[n+]1cn(-c2cccc(Oc3ccc4c5ccccc5n(-c5cc(C)ccn5)c4c3)c2)c2ccccc21. The number of hydrogen-bond acceptors (Lipinski definition) is 2. The molecule has 0 N–H and O–H groups in total. The van der Waals surface area contributed by atoms with Crippen LogP contribution in [0.3, 0.4) is 0 Å². The smallest absolute Gasteiger partial charge is 0.249 e. The van der Waals surface area contributed by atoms with Gasteiger partial charge >= 0.3 is 0 Å². The molecule has 0 amide bonds. The van der Waals surface area contributed by atoms with Crippen molar-refractivity contribution in [2.45, 2.75) is 6.92 Å². The van der Waals surface area contributed by atoms with Crippen molar-refractivity contribution in [3.63, 3.8) is 0 Å². The van der Waals surface area contributed by atoms with Gasteiger partial charge in [-0.3, -0.25) is 4.57 Å². The third-order valence-corrected chi connectivity index (χ3v) is 6.74. The van der Waals surface area contributed by atoms with Crippen LogP contribution in [-0.2, 0) is 6.98 Å². The van der Waals surface area contributed by atoms with Crippen molar-refractivity contribution in [1.82, 2.24) is 14.1 Å². The highest BCUT2D eigenvalue weighted by Crippen LogP contribution is 2.35. The van der Waals surface area contributed by atoms with Crippen molar-refractivity contribution in [2.75, 3.05) is 0 Å². The average molecular weight is 485 g/mol. The van der Waals surface area contributed by atoms with Gasteiger partial charge in [0.25, 0.3) is 0 Å². The standard InChI is InChI=1S/C32H25N4O/c1-22-16-17-33-32(18-22)36-28-11-4-3-10-26(28)27-15-14-25(20-31(27)36)37-24-9-7-8-23(19-24)35-21-34(2)29-12-5-6-13-30(29)35/h3-21H,1-2H3/q+1/i2D3. The number of pyridine rings is 1. The van der Waals surface area contributed by atoms with Crippen LogP contribution in [0.25, 0.3) is 44.3 Å². The molecule has 7 aromatic rings. The van der Waals surface area contributed by atoms with E-state index in [0.29, 0.717) is 17.0 Å². The molecule has 0 aliphatic carbocycles. The van der Waals surface area contributed by atoms with E-state index in [9.17, 15) is 0 Å². The van der Waals surface area contributed by atoms with Gasteiger partial charge in [0.15, 0.2) is 11.0 Å². The quantitative estimate of drug-likeness (QED) is 0.251. The van der Waals surface area contributed by atoms with E-state index in [2.05, 4.69) is 40.7 Å². The van der Waals surface area contributed by atoms with Gasteiger partial charge in [-0.1, -0.05) is 36.4 Å². The maximum Gasteiger partial charge on any atom is 0.249 e. The molecule has 0 fully saturated rings. The molecule has 0 atom stereocenters. The van der Waals surface area contributed by atoms with Crippen molar-refractivity contribution in [2.24, 2.45) is 6.98 Å². The fourth-order valence-corrected chi connectivity index (χ4v) is 5.05. The van der Waals surface area contributed by atoms with Crippen LogP contribution >= 0.6 is 0 Å². The fraction of sp³-hybridized carbons (Fsp3) is 0.0625. The second-order valence-electron chi connectivity index (χ2n) is 9.17. The second kappa shape index (κ2) is 8.35. The summed E-state index contributed by atoms with van der Waals surface area (Å²) in [5, 5.41) is 2.27. The van der Waals surface area contributed by atoms with Gasteiger partial charge in [-0.25, -0.2) is 9.55 Å². The molecule has 3 aromatic heterocycles. The van der Waals surface area contributed by atoms with Gasteiger partial charge in [0, 0.05) is 29.1 Å². The Balaban J connectivity index is 1.32. The van der Waals surface area contributed by atoms with Crippen molar-refractivity contribution in [1.29, 1.82) is 0 Å². The zero-order chi connectivity index (χ0) is 27.4. The van der Waals surface area contributed by atoms with Crippen LogP contribution in [-0.4, -0.2) is 14.1 Å². The van der Waals surface area contributed by atoms with E-state index in [1.54, 1.807) is 6.33 Å². The number of imidazole rings is 1. The molecule has 0 aliphatic rings. The monoisotopic (exact) mass is 484 g/mol. The van der Waals surface area contributed by atoms with Gasteiger partial charge < -0.3 is 4.74 Å². The summed E-state index contributed by atoms with van der Waals surface area (Å²) in [5.74, 6) is 2.19. The number of nitrogens with zero attached hydrogens (tertiary/aromatic N) is 4. The summed E-state index contributed by atoms with van der Waals surface area (Å²) in [5.41, 5.74) is 5.46. The van der Waals surface area contributed by atoms with E-state index >= 15 is 0 Å². The average Bonchev–Trinajstić information content (AvgIpc) is 3.50. The van der Waals surface area contributed by atoms with E-state index in [0.717, 1.165) is 44.4 Å². The van der Waals surface area contributed by atoms with Crippen LogP contribution in [0.2, 0.25) is 0 Å². The summed E-state index contributed by atoms with van der Waals surface area (Å²) in [7, 11) is 0. The number of aryl methyl sites for hydroxylation is 2. The molecule has 5 heteroatoms. The van der Waals surface area contributed by atoms with E-state index < -0.39 is 6.98 Å². The first-order chi connectivity index (χ1) is 19.4. The highest BCUT2D eigenvalue weighted by Gasteiger charge is 2.16. The summed E-state index contributed by atoms with van der Waals surface area (Å²) >= 11 is 0. The van der Waals surface area contributed by atoms with Crippen molar-refractivity contribution in [3.05, 3.63) is 121 Å². The molecule has 0 saturated carbocycles. The topological polar surface area (TPSA) is 35.9 Å². The number of para-hydroxylation sites is 3. The second-order valence-corrected chi connectivity index (χ2v) is 9.17. The number of benzene rings is 4. The van der Waals surface area contributed by atoms with Gasteiger partial charge in [0.1, 0.15) is 23.0 Å². The molecule has 5 nitrogen and oxygen atoms in total. The Morgan fingerprint density at radius 3 is 2.46 bits per heavy atom. The Labute approximate surface area is 218 Å². The lowest BCUT2D eigenvalue weighted by Gasteiger charge is -2.10. The lowest BCUT2D eigenvalue weighted by molar-refractivity contribution is -0.645. The van der Waals surface area contributed by atoms with Gasteiger partial charge in [0.05, 0.1) is 22.1 Å². The van der Waals surface area contributed by atoms with Crippen LogP contribution in [0.1, 0.15) is 9.68 Å². The number of aromatic nitrogens is 4. The van der Waals surface area contributed by atoms with Crippen molar-refractivity contribution < 1.29 is 13.4 Å². The molecule has 0 radical (unpaired) electrons. The highest BCUT2D eigenvalue weighted by atomic mass is 16.5. The van der Waals surface area contributed by atoms with Gasteiger partial charge in [-0.05, 0) is 67.1 Å². The maximum absolute atomic E-state index is 7.97. The summed E-state index contributed by atoms with van der Waals surface area (Å²) in [6.45, 7) is -0.229. The van der Waals surface area contributed by atoms with Crippen LogP contribution < -0.4 is 9.30 Å². The summed E-state index contributed by atoms with van der Waals surface area (Å²) in [6.07, 6.45) is 3.45. The number of hydrogen-bond donors (Lipinski definition) is 0. The zero-order valence-corrected chi connectivity index (χ0v) is 20.2. The van der Waals surface area contributed by atoms with Crippen LogP contribution in [0.4, 0.5) is 0 Å². The molecular weight excluding hydrogens is 456 g/mol. The highest BCUT2D eigenvalue weighted by molar-refractivity contribution is 6.09. The molecule has 3 heterocycles. The molecule has 0 saturated heterocycles. The Morgan fingerprint density at radius 1 is 0.757 bits per heavy atom. The predicted molar refractivity (Wildman–Crippen MR) is 148 cm³/mol. The Kier molecular flexibility index (Phi) is 4.15. The lowest BCUT2D eigenvalue weighted by Crippen LogP contribution is -2.25. The van der Waals surface area contributed by atoms with E-state index in [4.69, 9.17) is 8.85 Å². The van der Waals surface area contributed by atoms with Crippen LogP contribution in [0.5, 0.6) is 11.5 Å². The largest absolute Gasteiger partial charge is 0.457 e. The Morgan fingerprint density at radius 2 is 1.57 bits per heavy atom. The summed E-state index contributed by atoms with van der Waals surface area (Å²) in [6, 6.07) is 33.6. The molecule has 0 unspecified atom stereocenters. The predicted octanol–water partition coefficient (Wildman–Crippen LogP) is 7.05. The summed E-state index contributed by atoms with van der Waals surface area (Å²) < 4.78 is 35.7. The molecular formula is C32H25N4O+. The fourth-order valence-electron chi connectivity index (χ4n) is 5.05. The van der Waals surface area contributed by atoms with Crippen LogP contribution in [0, 0.1) is 6.92 Å². The number of rotatable bonds is 4. The first kappa shape index (κ1) is 18.4. The van der Waals surface area contributed by atoms with Crippen molar-refractivity contribution >= 4 is 32.8 Å². The minimum absolute atomic E-state index is 0.636. The molecule has 37 heavy (non-hydrogen) atoms. The van der Waals surface area contributed by atoms with Crippen molar-refractivity contribution in [3.8, 4) is 23.0 Å². The number of fused-ring (bicyclic) bond motifs is 4. The van der Waals surface area contributed by atoms with Gasteiger partial charge in [0.2, 0.25) is 6.33 Å². The minimum atomic E-state index is -2.29. The molecule has 0 bridgehead atoms. The lowest BCUT2D eigenvalue weighted by atomic mass is 10.1. The van der Waals surface area contributed by atoms with E-state index in [1.165, 1.54) is 4.57 Å². The minimum Gasteiger partial charge on any atom is -0.457 e. The van der Waals surface area contributed by atoms with E-state index in [-0.39, 0.29) is 0 Å². The number of ether oxygens (including phenoxy) is 1. The van der Waals surface area contributed by atoms with Gasteiger partial charge in [-0.15, -0.1) is 0 Å². The van der Waals surface area contributed by atoms with E-state index in [1.807, 2.05) is 89.6 Å². The third kappa shape index (κ3) is 3.55. The Bertz CT molecular complexity index is 2060. The molecule has 178 valence electrons. The summed E-state index contributed by atoms with van der Waals surface area (Å²) in [4.78, 5) is 4.66. The van der Waals surface area contributed by atoms with Gasteiger partial charge in [-0.2, -0.15) is 4.57 Å². The molecule has 7 rings (SSSR count). The Hall–Kier alpha value is -4.90. The maximum atomic E-state index is 7.97. The molecule has 4 aromatic carbocycles. The molecule has 0 spiro atoms. The first-order valence-electron chi connectivity index (χ1n) is 13.6. The third-order valence-electron chi connectivity index (χ3n) is 6.74. The first-order valence-corrected chi connectivity index (χ1v) is 12.1.